The van der Waals surface area contributed by atoms with E-state index >= 15 is 0 Å². The minimum atomic E-state index is 0.373. The first kappa shape index (κ1) is 11.9. The van der Waals surface area contributed by atoms with Gasteiger partial charge in [0.1, 0.15) is 17.2 Å². The van der Waals surface area contributed by atoms with Crippen molar-refractivity contribution < 1.29 is 4.74 Å². The van der Waals surface area contributed by atoms with Gasteiger partial charge in [-0.2, -0.15) is 0 Å². The van der Waals surface area contributed by atoms with Crippen LogP contribution in [0, 0.1) is 0 Å². The third kappa shape index (κ3) is 3.43. The summed E-state index contributed by atoms with van der Waals surface area (Å²) in [6.45, 7) is 2.16. The third-order valence-corrected chi connectivity index (χ3v) is 2.50. The van der Waals surface area contributed by atoms with Gasteiger partial charge in [0.05, 0.1) is 0 Å². The highest BCUT2D eigenvalue weighted by atomic mass is 35.5. The maximum Gasteiger partial charge on any atom is 0.223 e. The molecule has 4 heteroatoms. The number of nitrogens with zero attached hydrogens (tertiary/aromatic N) is 2. The molecule has 88 valence electrons. The highest BCUT2D eigenvalue weighted by Gasteiger charge is 2.00. The molecule has 0 aliphatic carbocycles. The largest absolute Gasteiger partial charge is 0.439 e. The lowest BCUT2D eigenvalue weighted by Gasteiger charge is -2.05. The molecule has 0 amide bonds. The number of aryl methyl sites for hydroxylation is 1. The molecule has 2 aromatic rings. The Balaban J connectivity index is 2.08. The highest BCUT2D eigenvalue weighted by molar-refractivity contribution is 6.29. The number of benzene rings is 1. The number of hydrogen-bond acceptors (Lipinski definition) is 3. The number of aromatic nitrogens is 2. The average Bonchev–Trinajstić information content (AvgIpc) is 2.32. The van der Waals surface area contributed by atoms with Crippen molar-refractivity contribution in [1.29, 1.82) is 0 Å². The smallest absolute Gasteiger partial charge is 0.223 e. The summed E-state index contributed by atoms with van der Waals surface area (Å²) in [4.78, 5) is 7.77. The minimum Gasteiger partial charge on any atom is -0.439 e. The highest BCUT2D eigenvalue weighted by Crippen LogP contribution is 2.21. The lowest BCUT2D eigenvalue weighted by molar-refractivity contribution is 0.461. The van der Waals surface area contributed by atoms with Crippen LogP contribution in [0.3, 0.4) is 0 Å². The fraction of sp³-hybridized carbons (Fsp3) is 0.231. The normalized spacial score (nSPS) is 10.2. The molecule has 3 nitrogen and oxygen atoms in total. The zero-order valence-corrected chi connectivity index (χ0v) is 10.3. The van der Waals surface area contributed by atoms with Gasteiger partial charge >= 0.3 is 0 Å². The molecule has 2 rings (SSSR count). The van der Waals surface area contributed by atoms with Crippen molar-refractivity contribution in [2.24, 2.45) is 0 Å². The SMILES string of the molecule is CCCc1ccc(Oc2cc(Cl)ncn2)cc1. The molecule has 0 atom stereocenters. The van der Waals surface area contributed by atoms with E-state index in [9.17, 15) is 0 Å². The van der Waals surface area contributed by atoms with Crippen LogP contribution in [0.25, 0.3) is 0 Å². The van der Waals surface area contributed by atoms with Gasteiger partial charge in [-0.3, -0.25) is 0 Å². The molecule has 0 spiro atoms. The Kier molecular flexibility index (Phi) is 3.94. The fourth-order valence-corrected chi connectivity index (χ4v) is 1.64. The van der Waals surface area contributed by atoms with Crippen LogP contribution in [-0.4, -0.2) is 9.97 Å². The first-order chi connectivity index (χ1) is 8.28. The van der Waals surface area contributed by atoms with Crippen LogP contribution in [0.4, 0.5) is 0 Å². The van der Waals surface area contributed by atoms with E-state index < -0.39 is 0 Å². The first-order valence-electron chi connectivity index (χ1n) is 5.52. The van der Waals surface area contributed by atoms with Crippen molar-refractivity contribution in [3.8, 4) is 11.6 Å². The molecule has 0 fully saturated rings. The van der Waals surface area contributed by atoms with Gasteiger partial charge in [-0.15, -0.1) is 0 Å². The van der Waals surface area contributed by atoms with Crippen molar-refractivity contribution in [3.05, 3.63) is 47.4 Å². The zero-order valence-electron chi connectivity index (χ0n) is 9.56. The van der Waals surface area contributed by atoms with Gasteiger partial charge in [0.25, 0.3) is 0 Å². The molecular formula is C13H13ClN2O. The predicted octanol–water partition coefficient (Wildman–Crippen LogP) is 3.87. The fourth-order valence-electron chi connectivity index (χ4n) is 1.51. The summed E-state index contributed by atoms with van der Waals surface area (Å²) in [5.41, 5.74) is 1.31. The molecule has 0 aliphatic heterocycles. The molecular weight excluding hydrogens is 236 g/mol. The molecule has 0 radical (unpaired) electrons. The van der Waals surface area contributed by atoms with Crippen LogP contribution in [-0.2, 0) is 6.42 Å². The Morgan fingerprint density at radius 1 is 1.18 bits per heavy atom. The molecule has 1 aromatic carbocycles. The maximum atomic E-state index is 5.75. The first-order valence-corrected chi connectivity index (χ1v) is 5.90. The molecule has 0 saturated carbocycles. The quantitative estimate of drug-likeness (QED) is 0.771. The topological polar surface area (TPSA) is 35.0 Å². The van der Waals surface area contributed by atoms with E-state index in [1.807, 2.05) is 12.1 Å². The molecule has 0 saturated heterocycles. The van der Waals surface area contributed by atoms with Crippen molar-refractivity contribution in [1.82, 2.24) is 9.97 Å². The Bertz CT molecular complexity index is 485. The summed E-state index contributed by atoms with van der Waals surface area (Å²) in [5.74, 6) is 1.20. The Hall–Kier alpha value is -1.61. The standard InChI is InChI=1S/C13H13ClN2O/c1-2-3-10-4-6-11(7-5-10)17-13-8-12(14)15-9-16-13/h4-9H,2-3H2,1H3. The molecule has 0 N–H and O–H groups in total. The Morgan fingerprint density at radius 2 is 1.94 bits per heavy atom. The molecule has 0 aliphatic rings. The van der Waals surface area contributed by atoms with E-state index in [0.29, 0.717) is 11.0 Å². The number of hydrogen-bond donors (Lipinski definition) is 0. The summed E-state index contributed by atoms with van der Waals surface area (Å²) in [5, 5.41) is 0.373. The lowest BCUT2D eigenvalue weighted by Crippen LogP contribution is -1.89. The van der Waals surface area contributed by atoms with Crippen LogP contribution in [0.1, 0.15) is 18.9 Å². The van der Waals surface area contributed by atoms with E-state index in [0.717, 1.165) is 18.6 Å². The van der Waals surface area contributed by atoms with E-state index in [-0.39, 0.29) is 0 Å². The minimum absolute atomic E-state index is 0.373. The second kappa shape index (κ2) is 5.64. The van der Waals surface area contributed by atoms with Gasteiger partial charge in [-0.25, -0.2) is 9.97 Å². The summed E-state index contributed by atoms with van der Waals surface area (Å²) in [6, 6.07) is 9.56. The molecule has 0 unspecified atom stereocenters. The van der Waals surface area contributed by atoms with Gasteiger partial charge in [-0.05, 0) is 24.1 Å². The Labute approximate surface area is 105 Å². The van der Waals surface area contributed by atoms with Crippen molar-refractivity contribution >= 4 is 11.6 Å². The van der Waals surface area contributed by atoms with Crippen molar-refractivity contribution in [2.75, 3.05) is 0 Å². The van der Waals surface area contributed by atoms with Gasteiger partial charge in [0.15, 0.2) is 0 Å². The van der Waals surface area contributed by atoms with Crippen LogP contribution >= 0.6 is 11.6 Å². The lowest BCUT2D eigenvalue weighted by atomic mass is 10.1. The van der Waals surface area contributed by atoms with E-state index in [1.54, 1.807) is 6.07 Å². The number of halogens is 1. The molecule has 17 heavy (non-hydrogen) atoms. The van der Waals surface area contributed by atoms with Crippen LogP contribution < -0.4 is 4.74 Å². The van der Waals surface area contributed by atoms with Crippen LogP contribution in [0.5, 0.6) is 11.6 Å². The number of rotatable bonds is 4. The van der Waals surface area contributed by atoms with E-state index in [4.69, 9.17) is 16.3 Å². The van der Waals surface area contributed by atoms with Crippen molar-refractivity contribution in [2.45, 2.75) is 19.8 Å². The van der Waals surface area contributed by atoms with Gasteiger partial charge < -0.3 is 4.74 Å². The van der Waals surface area contributed by atoms with Gasteiger partial charge in [-0.1, -0.05) is 37.1 Å². The van der Waals surface area contributed by atoms with Gasteiger partial charge in [0.2, 0.25) is 5.88 Å². The summed E-state index contributed by atoms with van der Waals surface area (Å²) in [6.07, 6.45) is 3.60. The predicted molar refractivity (Wildman–Crippen MR) is 67.6 cm³/mol. The molecule has 1 aromatic heterocycles. The van der Waals surface area contributed by atoms with Crippen LogP contribution in [0.15, 0.2) is 36.7 Å². The van der Waals surface area contributed by atoms with E-state index in [1.165, 1.54) is 11.9 Å². The molecule has 0 bridgehead atoms. The second-order valence-electron chi connectivity index (χ2n) is 3.67. The second-order valence-corrected chi connectivity index (χ2v) is 4.06. The summed E-state index contributed by atoms with van der Waals surface area (Å²) in [7, 11) is 0. The maximum absolute atomic E-state index is 5.75. The number of ether oxygens (including phenoxy) is 1. The monoisotopic (exact) mass is 248 g/mol. The summed E-state index contributed by atoms with van der Waals surface area (Å²) >= 11 is 5.75. The average molecular weight is 249 g/mol. The van der Waals surface area contributed by atoms with E-state index in [2.05, 4.69) is 29.0 Å². The van der Waals surface area contributed by atoms with Crippen molar-refractivity contribution in [3.63, 3.8) is 0 Å². The van der Waals surface area contributed by atoms with Crippen LogP contribution in [0.2, 0.25) is 5.15 Å². The third-order valence-electron chi connectivity index (χ3n) is 2.29. The zero-order chi connectivity index (χ0) is 12.1. The molecule has 1 heterocycles. The van der Waals surface area contributed by atoms with Gasteiger partial charge in [0, 0.05) is 6.07 Å². The Morgan fingerprint density at radius 3 is 2.59 bits per heavy atom. The summed E-state index contributed by atoms with van der Waals surface area (Å²) < 4.78 is 5.56.